The molecule has 1 fully saturated rings. The molecule has 4 heterocycles. The molecule has 3 aromatic heterocycles. The average molecular weight is 443 g/mol. The molecular weight excluding hydrogens is 412 g/mol. The third-order valence-corrected chi connectivity index (χ3v) is 7.88. The third kappa shape index (κ3) is 3.05. The summed E-state index contributed by atoms with van der Waals surface area (Å²) < 4.78 is 9.60. The monoisotopic (exact) mass is 442 g/mol. The van der Waals surface area contributed by atoms with Crippen molar-refractivity contribution in [3.05, 3.63) is 59.2 Å². The Hall–Kier alpha value is -3.35. The van der Waals surface area contributed by atoms with Crippen LogP contribution in [0.15, 0.2) is 36.7 Å². The number of fused-ring (bicyclic) bond motifs is 2. The van der Waals surface area contributed by atoms with Gasteiger partial charge in [-0.2, -0.15) is 10.2 Å². The van der Waals surface area contributed by atoms with Gasteiger partial charge in [0.05, 0.1) is 30.9 Å². The molecular formula is C26H30N6O. The molecule has 33 heavy (non-hydrogen) atoms. The highest BCUT2D eigenvalue weighted by atomic mass is 16.5. The smallest absolute Gasteiger partial charge is 0.155 e. The normalized spacial score (nSPS) is 17.2. The Morgan fingerprint density at radius 2 is 1.85 bits per heavy atom. The largest absolute Gasteiger partial charge is 0.496 e. The fraction of sp³-hybridized carbons (Fsp3) is 0.423. The summed E-state index contributed by atoms with van der Waals surface area (Å²) in [5, 5.41) is 9.11. The highest BCUT2D eigenvalue weighted by molar-refractivity contribution is 5.76. The van der Waals surface area contributed by atoms with Crippen molar-refractivity contribution >= 4 is 11.3 Å². The van der Waals surface area contributed by atoms with Crippen molar-refractivity contribution in [1.82, 2.24) is 24.4 Å². The minimum absolute atomic E-state index is 0.339. The molecule has 0 saturated carbocycles. The zero-order valence-electron chi connectivity index (χ0n) is 19.8. The number of anilines is 1. The Kier molecular flexibility index (Phi) is 4.50. The van der Waals surface area contributed by atoms with Crippen molar-refractivity contribution in [3.8, 4) is 17.0 Å². The number of aromatic nitrogens is 5. The van der Waals surface area contributed by atoms with Crippen LogP contribution in [0.3, 0.4) is 0 Å². The number of hydrogen-bond acceptors (Lipinski definition) is 5. The molecule has 7 heteroatoms. The van der Waals surface area contributed by atoms with Gasteiger partial charge in [-0.25, -0.2) is 9.50 Å². The van der Waals surface area contributed by atoms with E-state index >= 15 is 0 Å². The van der Waals surface area contributed by atoms with E-state index in [4.69, 9.17) is 9.72 Å². The SMILES string of the molecule is COc1cccc2c1CC1(CCN(c3nc(C)c(-c4cnn(C)c4C)n4nccc34)CC1)C2. The molecule has 7 nitrogen and oxygen atoms in total. The minimum Gasteiger partial charge on any atom is -0.496 e. The van der Waals surface area contributed by atoms with Crippen LogP contribution in [0.5, 0.6) is 5.75 Å². The van der Waals surface area contributed by atoms with Crippen LogP contribution in [-0.4, -0.2) is 44.6 Å². The zero-order valence-corrected chi connectivity index (χ0v) is 19.8. The van der Waals surface area contributed by atoms with Gasteiger partial charge in [0.2, 0.25) is 0 Å². The zero-order chi connectivity index (χ0) is 22.7. The van der Waals surface area contributed by atoms with E-state index in [1.807, 2.05) is 28.6 Å². The second-order valence-electron chi connectivity index (χ2n) is 9.70. The van der Waals surface area contributed by atoms with Crippen LogP contribution in [0.1, 0.15) is 35.4 Å². The molecule has 1 aromatic carbocycles. The van der Waals surface area contributed by atoms with E-state index in [9.17, 15) is 0 Å². The number of piperidine rings is 1. The van der Waals surface area contributed by atoms with Crippen LogP contribution >= 0.6 is 0 Å². The molecule has 6 rings (SSSR count). The molecule has 0 atom stereocenters. The van der Waals surface area contributed by atoms with Crippen LogP contribution in [0.25, 0.3) is 16.8 Å². The highest BCUT2D eigenvalue weighted by Gasteiger charge is 2.41. The summed E-state index contributed by atoms with van der Waals surface area (Å²) in [4.78, 5) is 7.57. The molecule has 0 amide bonds. The summed E-state index contributed by atoms with van der Waals surface area (Å²) in [6, 6.07) is 8.58. The van der Waals surface area contributed by atoms with Crippen molar-refractivity contribution < 1.29 is 4.74 Å². The Labute approximate surface area is 194 Å². The van der Waals surface area contributed by atoms with Crippen LogP contribution in [0.4, 0.5) is 5.82 Å². The third-order valence-electron chi connectivity index (χ3n) is 7.88. The maximum Gasteiger partial charge on any atom is 0.155 e. The van der Waals surface area contributed by atoms with E-state index < -0.39 is 0 Å². The van der Waals surface area contributed by atoms with Gasteiger partial charge in [-0.15, -0.1) is 0 Å². The fourth-order valence-electron chi connectivity index (χ4n) is 5.90. The van der Waals surface area contributed by atoms with Crippen molar-refractivity contribution in [2.75, 3.05) is 25.1 Å². The number of ether oxygens (including phenoxy) is 1. The lowest BCUT2D eigenvalue weighted by Crippen LogP contribution is -2.41. The second kappa shape index (κ2) is 7.33. The van der Waals surface area contributed by atoms with Crippen LogP contribution in [0, 0.1) is 19.3 Å². The van der Waals surface area contributed by atoms with Crippen LogP contribution < -0.4 is 9.64 Å². The lowest BCUT2D eigenvalue weighted by molar-refractivity contribution is 0.231. The molecule has 0 unspecified atom stereocenters. The number of rotatable bonds is 3. The number of benzene rings is 1. The van der Waals surface area contributed by atoms with Crippen molar-refractivity contribution in [1.29, 1.82) is 0 Å². The Morgan fingerprint density at radius 3 is 2.58 bits per heavy atom. The first-order valence-electron chi connectivity index (χ1n) is 11.7. The molecule has 4 aromatic rings. The lowest BCUT2D eigenvalue weighted by Gasteiger charge is -2.40. The minimum atomic E-state index is 0.339. The van der Waals surface area contributed by atoms with E-state index in [0.717, 1.165) is 78.5 Å². The molecule has 1 aliphatic carbocycles. The van der Waals surface area contributed by atoms with E-state index in [1.165, 1.54) is 11.1 Å². The van der Waals surface area contributed by atoms with E-state index in [-0.39, 0.29) is 0 Å². The Balaban J connectivity index is 1.30. The summed E-state index contributed by atoms with van der Waals surface area (Å²) in [7, 11) is 3.75. The van der Waals surface area contributed by atoms with Crippen LogP contribution in [0.2, 0.25) is 0 Å². The van der Waals surface area contributed by atoms with Gasteiger partial charge in [-0.05, 0) is 68.2 Å². The number of aryl methyl sites for hydroxylation is 2. The summed E-state index contributed by atoms with van der Waals surface area (Å²) in [5.41, 5.74) is 8.48. The molecule has 0 radical (unpaired) electrons. The molecule has 2 aliphatic rings. The van der Waals surface area contributed by atoms with E-state index in [2.05, 4.69) is 53.2 Å². The first-order valence-corrected chi connectivity index (χ1v) is 11.7. The van der Waals surface area contributed by atoms with E-state index in [0.29, 0.717) is 5.41 Å². The standard InChI is InChI=1S/C26H30N6O/c1-17-24(21-16-28-30(3)18(21)2)32-22(8-11-27-32)25(29-17)31-12-9-26(10-13-31)14-19-6-5-7-23(33-4)20(19)15-26/h5-8,11,16H,9-10,12-15H2,1-4H3. The molecule has 1 spiro atoms. The molecule has 1 aliphatic heterocycles. The van der Waals surface area contributed by atoms with Gasteiger partial charge in [0.15, 0.2) is 5.82 Å². The van der Waals surface area contributed by atoms with Crippen molar-refractivity contribution in [2.24, 2.45) is 12.5 Å². The summed E-state index contributed by atoms with van der Waals surface area (Å²) in [6.07, 6.45) is 8.39. The first kappa shape index (κ1) is 20.3. The Morgan fingerprint density at radius 1 is 1.03 bits per heavy atom. The van der Waals surface area contributed by atoms with Crippen LogP contribution in [-0.2, 0) is 19.9 Å². The molecule has 0 N–H and O–H groups in total. The average Bonchev–Trinajstić information content (AvgIpc) is 3.52. The highest BCUT2D eigenvalue weighted by Crippen LogP contribution is 2.48. The topological polar surface area (TPSA) is 60.5 Å². The van der Waals surface area contributed by atoms with Gasteiger partial charge in [0.1, 0.15) is 11.3 Å². The van der Waals surface area contributed by atoms with Crippen molar-refractivity contribution in [3.63, 3.8) is 0 Å². The quantitative estimate of drug-likeness (QED) is 0.477. The predicted molar refractivity (Wildman–Crippen MR) is 129 cm³/mol. The van der Waals surface area contributed by atoms with Gasteiger partial charge in [-0.3, -0.25) is 4.68 Å². The number of nitrogens with zero attached hydrogens (tertiary/aromatic N) is 6. The first-order chi connectivity index (χ1) is 16.0. The molecule has 170 valence electrons. The maximum absolute atomic E-state index is 5.66. The molecule has 1 saturated heterocycles. The van der Waals surface area contributed by atoms with Gasteiger partial charge < -0.3 is 9.64 Å². The number of methoxy groups -OCH3 is 1. The second-order valence-corrected chi connectivity index (χ2v) is 9.70. The Bertz CT molecular complexity index is 1360. The van der Waals surface area contributed by atoms with Gasteiger partial charge >= 0.3 is 0 Å². The van der Waals surface area contributed by atoms with Gasteiger partial charge in [0, 0.05) is 31.4 Å². The lowest BCUT2D eigenvalue weighted by atomic mass is 9.76. The molecule has 0 bridgehead atoms. The van der Waals surface area contributed by atoms with E-state index in [1.54, 1.807) is 7.11 Å². The summed E-state index contributed by atoms with van der Waals surface area (Å²) in [6.45, 7) is 6.19. The van der Waals surface area contributed by atoms with Gasteiger partial charge in [0.25, 0.3) is 0 Å². The number of hydrogen-bond donors (Lipinski definition) is 0. The summed E-state index contributed by atoms with van der Waals surface area (Å²) >= 11 is 0. The van der Waals surface area contributed by atoms with Gasteiger partial charge in [-0.1, -0.05) is 12.1 Å². The maximum atomic E-state index is 5.66. The fourth-order valence-corrected chi connectivity index (χ4v) is 5.90. The predicted octanol–water partition coefficient (Wildman–Crippen LogP) is 4.14. The van der Waals surface area contributed by atoms with Crippen molar-refractivity contribution in [2.45, 2.75) is 39.5 Å². The summed E-state index contributed by atoms with van der Waals surface area (Å²) in [5.74, 6) is 2.09.